The molecule has 12 nitrogen and oxygen atoms in total. The van der Waals surface area contributed by atoms with Crippen molar-refractivity contribution in [3.8, 4) is 0 Å². The number of benzene rings is 3. The second-order valence-corrected chi connectivity index (χ2v) is 24.1. The summed E-state index contributed by atoms with van der Waals surface area (Å²) in [6.45, 7) is 16.9. The predicted octanol–water partition coefficient (Wildman–Crippen LogP) is 18.8. The highest BCUT2D eigenvalue weighted by Crippen LogP contribution is 2.40. The lowest BCUT2D eigenvalue weighted by molar-refractivity contribution is -0.0702. The number of allylic oxidation sites excluding steroid dienone is 4. The lowest BCUT2D eigenvalue weighted by atomic mass is 9.80. The molecule has 3 rings (SSSR count). The van der Waals surface area contributed by atoms with E-state index < -0.39 is 5.60 Å². The Morgan fingerprint density at radius 1 is 0.253 bits per heavy atom. The summed E-state index contributed by atoms with van der Waals surface area (Å²) in [6, 6.07) is 31.2. The Kier molecular flexibility index (Phi) is 58.8. The third-order valence-electron chi connectivity index (χ3n) is 16.2. The van der Waals surface area contributed by atoms with E-state index in [0.717, 1.165) is 68.6 Å². The Balaban J connectivity index is 1.07. The first-order chi connectivity index (χ1) is 45.3. The molecule has 0 aromatic heterocycles. The van der Waals surface area contributed by atoms with E-state index in [1.807, 2.05) is 18.2 Å². The Morgan fingerprint density at radius 3 is 0.835 bits per heavy atom. The largest absolute Gasteiger partial charge is 0.379 e. The van der Waals surface area contributed by atoms with E-state index in [-0.39, 0.29) is 6.10 Å². The molecular formula is C79H132O12. The first-order valence-corrected chi connectivity index (χ1v) is 36.8. The van der Waals surface area contributed by atoms with Gasteiger partial charge in [0.15, 0.2) is 0 Å². The predicted molar refractivity (Wildman–Crippen MR) is 376 cm³/mol. The molecule has 1 unspecified atom stereocenters. The van der Waals surface area contributed by atoms with Crippen LogP contribution in [0.3, 0.4) is 0 Å². The van der Waals surface area contributed by atoms with E-state index in [2.05, 4.69) is 111 Å². The maximum atomic E-state index is 6.78. The molecule has 0 amide bonds. The van der Waals surface area contributed by atoms with Gasteiger partial charge in [-0.25, -0.2) is 0 Å². The average molecular weight is 1270 g/mol. The Bertz CT molecular complexity index is 1860. The smallest absolute Gasteiger partial charge is 0.143 e. The monoisotopic (exact) mass is 1270 g/mol. The minimum Gasteiger partial charge on any atom is -0.379 e. The third kappa shape index (κ3) is 48.1. The van der Waals surface area contributed by atoms with Crippen molar-refractivity contribution in [1.29, 1.82) is 0 Å². The van der Waals surface area contributed by atoms with E-state index in [1.165, 1.54) is 167 Å². The molecule has 0 saturated heterocycles. The highest BCUT2D eigenvalue weighted by Gasteiger charge is 2.37. The van der Waals surface area contributed by atoms with Crippen LogP contribution in [0.5, 0.6) is 0 Å². The summed E-state index contributed by atoms with van der Waals surface area (Å²) in [4.78, 5) is 0. The lowest BCUT2D eigenvalue weighted by Gasteiger charge is -2.36. The second-order valence-electron chi connectivity index (χ2n) is 24.1. The Morgan fingerprint density at radius 2 is 0.495 bits per heavy atom. The van der Waals surface area contributed by atoms with E-state index in [9.17, 15) is 0 Å². The molecule has 3 aromatic rings. The van der Waals surface area contributed by atoms with Crippen molar-refractivity contribution in [2.24, 2.45) is 0 Å². The van der Waals surface area contributed by atoms with Crippen LogP contribution in [0.1, 0.15) is 230 Å². The highest BCUT2D eigenvalue weighted by atomic mass is 16.6. The summed E-state index contributed by atoms with van der Waals surface area (Å²) < 4.78 is 71.3. The summed E-state index contributed by atoms with van der Waals surface area (Å²) >= 11 is 0. The average Bonchev–Trinajstić information content (AvgIpc) is 0.841. The Hall–Kier alpha value is -3.34. The van der Waals surface area contributed by atoms with Gasteiger partial charge in [0, 0.05) is 26.4 Å². The first-order valence-electron chi connectivity index (χ1n) is 36.8. The van der Waals surface area contributed by atoms with Crippen LogP contribution < -0.4 is 0 Å². The minimum atomic E-state index is -0.748. The fourth-order valence-electron chi connectivity index (χ4n) is 10.9. The normalized spacial score (nSPS) is 12.4. The fraction of sp³-hybridized carbons (Fsp3) is 0.722. The molecule has 0 aliphatic rings. The molecule has 0 aliphatic heterocycles. The number of ether oxygens (including phenoxy) is 12. The van der Waals surface area contributed by atoms with Gasteiger partial charge in [-0.1, -0.05) is 245 Å². The molecular weight excluding hydrogens is 1140 g/mol. The van der Waals surface area contributed by atoms with Gasteiger partial charge >= 0.3 is 0 Å². The van der Waals surface area contributed by atoms with Gasteiger partial charge in [0.25, 0.3) is 0 Å². The molecule has 12 heteroatoms. The summed E-state index contributed by atoms with van der Waals surface area (Å²) in [5, 5.41) is 0. The van der Waals surface area contributed by atoms with Gasteiger partial charge in [-0.3, -0.25) is 0 Å². The van der Waals surface area contributed by atoms with Crippen molar-refractivity contribution in [3.05, 3.63) is 132 Å². The summed E-state index contributed by atoms with van der Waals surface area (Å²) in [7, 11) is 0. The van der Waals surface area contributed by atoms with Gasteiger partial charge in [0.2, 0.25) is 0 Å². The molecule has 0 radical (unpaired) electrons. The molecule has 3 aromatic carbocycles. The maximum absolute atomic E-state index is 6.78. The van der Waals surface area contributed by atoms with E-state index in [0.29, 0.717) is 126 Å². The first kappa shape index (κ1) is 81.9. The molecule has 0 bridgehead atoms. The second kappa shape index (κ2) is 65.3. The third-order valence-corrected chi connectivity index (χ3v) is 16.2. The van der Waals surface area contributed by atoms with Gasteiger partial charge in [-0.05, 0) is 100 Å². The van der Waals surface area contributed by atoms with Crippen LogP contribution in [-0.2, 0) is 62.4 Å². The van der Waals surface area contributed by atoms with E-state index >= 15 is 0 Å². The number of hydrogen-bond acceptors (Lipinski definition) is 12. The quantitative estimate of drug-likeness (QED) is 0.0305. The molecule has 0 spiro atoms. The minimum absolute atomic E-state index is 0.0568. The fourth-order valence-corrected chi connectivity index (χ4v) is 10.9. The van der Waals surface area contributed by atoms with Crippen LogP contribution in [0.15, 0.2) is 115 Å². The van der Waals surface area contributed by atoms with Crippen LogP contribution in [0.2, 0.25) is 0 Å². The molecule has 0 aliphatic carbocycles. The van der Waals surface area contributed by atoms with E-state index in [4.69, 9.17) is 56.8 Å². The van der Waals surface area contributed by atoms with Crippen molar-refractivity contribution in [2.75, 3.05) is 145 Å². The zero-order chi connectivity index (χ0) is 64.2. The zero-order valence-corrected chi connectivity index (χ0v) is 57.9. The summed E-state index contributed by atoms with van der Waals surface area (Å²) in [5.41, 5.74) is 2.48. The van der Waals surface area contributed by atoms with Gasteiger partial charge in [-0.2, -0.15) is 0 Å². The maximum Gasteiger partial charge on any atom is 0.143 e. The number of unbranched alkanes of at least 4 members (excludes halogenated alkanes) is 26. The molecule has 91 heavy (non-hydrogen) atoms. The molecule has 1 atom stereocenters. The highest BCUT2D eigenvalue weighted by molar-refractivity contribution is 5.47. The SMILES string of the molecule is CCCCCCCC/C=C\CCCCCCCCOCC(COCCOCCOCCOCCOCCOCCCCCOCCOCCOCCOC(c1ccccc1)(c1ccccc1)c1ccccc1)OCCCCCCCC/C=C\CCCCCCCC. The van der Waals surface area contributed by atoms with Gasteiger partial charge < -0.3 is 56.8 Å². The summed E-state index contributed by atoms with van der Waals surface area (Å²) in [6.07, 6.45) is 49.2. The van der Waals surface area contributed by atoms with Gasteiger partial charge in [0.05, 0.1) is 119 Å². The molecule has 0 fully saturated rings. The summed E-state index contributed by atoms with van der Waals surface area (Å²) in [5.74, 6) is 0. The topological polar surface area (TPSA) is 111 Å². The van der Waals surface area contributed by atoms with Crippen molar-refractivity contribution in [2.45, 2.75) is 225 Å². The Labute approximate surface area is 556 Å². The van der Waals surface area contributed by atoms with Crippen molar-refractivity contribution >= 4 is 0 Å². The van der Waals surface area contributed by atoms with Crippen LogP contribution in [0.4, 0.5) is 0 Å². The molecule has 520 valence electrons. The standard InChI is InChI=1S/C79H132O12/c1-3-5-7-9-11-13-15-17-19-21-23-25-27-29-31-43-55-88-73-78(90-56-46-32-30-28-26-24-22-20-18-16-14-12-10-8-6-4-2)74-89-70-69-86-66-65-85-64-63-84-62-61-82-59-57-80-53-44-36-45-54-81-58-60-83-67-68-87-71-72-91-79(75-47-37-33-38-48-75,76-49-39-34-40-50-76)77-51-41-35-42-52-77/h17-20,33-35,37-42,47-52,78H,3-16,21-32,36,43-46,53-74H2,1-2H3/b19-17-,20-18-. The molecule has 0 heterocycles. The van der Waals surface area contributed by atoms with Crippen molar-refractivity contribution in [1.82, 2.24) is 0 Å². The number of rotatable bonds is 71. The van der Waals surface area contributed by atoms with Gasteiger partial charge in [0.1, 0.15) is 11.7 Å². The van der Waals surface area contributed by atoms with E-state index in [1.54, 1.807) is 0 Å². The number of hydrogen-bond donors (Lipinski definition) is 0. The molecule has 0 N–H and O–H groups in total. The zero-order valence-electron chi connectivity index (χ0n) is 57.9. The molecule has 0 saturated carbocycles. The van der Waals surface area contributed by atoms with Crippen LogP contribution in [0.25, 0.3) is 0 Å². The van der Waals surface area contributed by atoms with Crippen molar-refractivity contribution < 1.29 is 56.8 Å². The lowest BCUT2D eigenvalue weighted by Crippen LogP contribution is -2.34. The van der Waals surface area contributed by atoms with Gasteiger partial charge in [-0.15, -0.1) is 0 Å². The van der Waals surface area contributed by atoms with Crippen LogP contribution in [-0.4, -0.2) is 151 Å². The van der Waals surface area contributed by atoms with Crippen LogP contribution in [0, 0.1) is 0 Å². The van der Waals surface area contributed by atoms with Crippen LogP contribution >= 0.6 is 0 Å². The van der Waals surface area contributed by atoms with Crippen molar-refractivity contribution in [3.63, 3.8) is 0 Å².